The molecule has 0 saturated carbocycles. The van der Waals surface area contributed by atoms with Crippen molar-refractivity contribution in [3.63, 3.8) is 0 Å². The van der Waals surface area contributed by atoms with E-state index in [1.165, 1.54) is 5.56 Å². The molecule has 1 fully saturated rings. The SMILES string of the molecule is I.NC(=NCC1CCCS1(=O)=O)NCCc1ccccc1. The second-order valence-electron chi connectivity index (χ2n) is 5.02. The number of aliphatic imine (C=N–C) groups is 1. The molecule has 1 aromatic rings. The smallest absolute Gasteiger partial charge is 0.188 e. The fourth-order valence-corrected chi connectivity index (χ4v) is 4.03. The van der Waals surface area contributed by atoms with Crippen LogP contribution in [0, 0.1) is 0 Å². The second-order valence-corrected chi connectivity index (χ2v) is 7.42. The standard InChI is InChI=1S/C14H21N3O2S.HI/c15-14(16-9-8-12-5-2-1-3-6-12)17-11-13-7-4-10-20(13,18)19;/h1-3,5-6,13H,4,7-11H2,(H3,15,16,17);1H. The van der Waals surface area contributed by atoms with Crippen LogP contribution >= 0.6 is 24.0 Å². The molecule has 1 heterocycles. The Balaban J connectivity index is 0.00000220. The topological polar surface area (TPSA) is 84.5 Å². The van der Waals surface area contributed by atoms with Crippen molar-refractivity contribution in [1.29, 1.82) is 0 Å². The molecular weight excluding hydrogens is 401 g/mol. The van der Waals surface area contributed by atoms with E-state index in [0.717, 1.165) is 12.8 Å². The van der Waals surface area contributed by atoms with Gasteiger partial charge in [-0.1, -0.05) is 30.3 Å². The van der Waals surface area contributed by atoms with E-state index in [0.29, 0.717) is 18.9 Å². The van der Waals surface area contributed by atoms with E-state index >= 15 is 0 Å². The molecule has 1 atom stereocenters. The second kappa shape index (κ2) is 8.57. The highest BCUT2D eigenvalue weighted by Gasteiger charge is 2.30. The molecule has 3 N–H and O–H groups in total. The number of nitrogens with zero attached hydrogens (tertiary/aromatic N) is 1. The molecule has 5 nitrogen and oxygen atoms in total. The molecule has 0 aromatic heterocycles. The van der Waals surface area contributed by atoms with Crippen LogP contribution in [-0.4, -0.2) is 38.5 Å². The van der Waals surface area contributed by atoms with Gasteiger partial charge in [0.05, 0.1) is 17.5 Å². The van der Waals surface area contributed by atoms with Gasteiger partial charge in [-0.05, 0) is 24.8 Å². The minimum atomic E-state index is -2.94. The Kier molecular flexibility index (Phi) is 7.44. The van der Waals surface area contributed by atoms with Crippen LogP contribution in [-0.2, 0) is 16.3 Å². The predicted octanol–water partition coefficient (Wildman–Crippen LogP) is 1.33. The zero-order valence-electron chi connectivity index (χ0n) is 11.9. The molecule has 0 spiro atoms. The quantitative estimate of drug-likeness (QED) is 0.425. The zero-order chi connectivity index (χ0) is 14.4. The highest BCUT2D eigenvalue weighted by Crippen LogP contribution is 2.19. The maximum absolute atomic E-state index is 11.6. The van der Waals surface area contributed by atoms with Crippen molar-refractivity contribution in [3.8, 4) is 0 Å². The maximum atomic E-state index is 11.6. The molecule has 1 aliphatic rings. The van der Waals surface area contributed by atoms with Gasteiger partial charge < -0.3 is 11.1 Å². The zero-order valence-corrected chi connectivity index (χ0v) is 15.0. The monoisotopic (exact) mass is 423 g/mol. The van der Waals surface area contributed by atoms with Gasteiger partial charge in [0.1, 0.15) is 0 Å². The minimum absolute atomic E-state index is 0. The lowest BCUT2D eigenvalue weighted by Crippen LogP contribution is -2.34. The van der Waals surface area contributed by atoms with Crippen LogP contribution in [0.15, 0.2) is 35.3 Å². The average Bonchev–Trinajstić information content (AvgIpc) is 2.76. The third kappa shape index (κ3) is 5.82. The molecule has 1 saturated heterocycles. The first-order chi connectivity index (χ1) is 9.58. The van der Waals surface area contributed by atoms with Gasteiger partial charge in [-0.2, -0.15) is 0 Å². The van der Waals surface area contributed by atoms with Gasteiger partial charge in [-0.15, -0.1) is 24.0 Å². The van der Waals surface area contributed by atoms with E-state index in [2.05, 4.69) is 22.4 Å². The summed E-state index contributed by atoms with van der Waals surface area (Å²) in [4.78, 5) is 4.14. The van der Waals surface area contributed by atoms with Gasteiger partial charge in [0, 0.05) is 6.54 Å². The molecule has 2 rings (SSSR count). The number of sulfone groups is 1. The first kappa shape index (κ1) is 18.2. The third-order valence-corrected chi connectivity index (χ3v) is 5.75. The highest BCUT2D eigenvalue weighted by molar-refractivity contribution is 14.0. The van der Waals surface area contributed by atoms with Crippen molar-refractivity contribution in [2.75, 3.05) is 18.8 Å². The van der Waals surface area contributed by atoms with Crippen LogP contribution in [0.1, 0.15) is 18.4 Å². The Hall–Kier alpha value is -0.830. The number of guanidine groups is 1. The number of rotatable bonds is 5. The number of benzene rings is 1. The lowest BCUT2D eigenvalue weighted by atomic mass is 10.1. The summed E-state index contributed by atoms with van der Waals surface area (Å²) in [6, 6.07) is 10.1. The molecule has 118 valence electrons. The lowest BCUT2D eigenvalue weighted by Gasteiger charge is -2.08. The highest BCUT2D eigenvalue weighted by atomic mass is 127. The number of hydrogen-bond donors (Lipinski definition) is 2. The Morgan fingerprint density at radius 1 is 1.33 bits per heavy atom. The predicted molar refractivity (Wildman–Crippen MR) is 96.9 cm³/mol. The number of halogens is 1. The first-order valence-corrected chi connectivity index (χ1v) is 8.59. The summed E-state index contributed by atoms with van der Waals surface area (Å²) >= 11 is 0. The van der Waals surface area contributed by atoms with Crippen molar-refractivity contribution < 1.29 is 8.42 Å². The molecule has 1 unspecified atom stereocenters. The summed E-state index contributed by atoms with van der Waals surface area (Å²) in [6.07, 6.45) is 2.30. The summed E-state index contributed by atoms with van der Waals surface area (Å²) in [5.41, 5.74) is 6.98. The van der Waals surface area contributed by atoms with Crippen LogP contribution < -0.4 is 11.1 Å². The Morgan fingerprint density at radius 3 is 2.67 bits per heavy atom. The fourth-order valence-electron chi connectivity index (χ4n) is 2.30. The Morgan fingerprint density at radius 2 is 2.05 bits per heavy atom. The van der Waals surface area contributed by atoms with Crippen molar-refractivity contribution in [2.24, 2.45) is 10.7 Å². The van der Waals surface area contributed by atoms with Crippen molar-refractivity contribution >= 4 is 39.8 Å². The average molecular weight is 423 g/mol. The minimum Gasteiger partial charge on any atom is -0.370 e. The van der Waals surface area contributed by atoms with Gasteiger partial charge in [-0.25, -0.2) is 8.42 Å². The van der Waals surface area contributed by atoms with Crippen LogP contribution in [0.25, 0.3) is 0 Å². The number of nitrogens with one attached hydrogen (secondary N) is 1. The number of hydrogen-bond acceptors (Lipinski definition) is 3. The van der Waals surface area contributed by atoms with E-state index in [-0.39, 0.29) is 41.5 Å². The Labute approximate surface area is 143 Å². The molecule has 21 heavy (non-hydrogen) atoms. The molecular formula is C14H22IN3O2S. The van der Waals surface area contributed by atoms with Gasteiger partial charge in [0.25, 0.3) is 0 Å². The van der Waals surface area contributed by atoms with Crippen LogP contribution in [0.2, 0.25) is 0 Å². The normalized spacial score (nSPS) is 20.8. The van der Waals surface area contributed by atoms with Crippen molar-refractivity contribution in [2.45, 2.75) is 24.5 Å². The van der Waals surface area contributed by atoms with Crippen molar-refractivity contribution in [3.05, 3.63) is 35.9 Å². The van der Waals surface area contributed by atoms with E-state index < -0.39 is 9.84 Å². The molecule has 1 aromatic carbocycles. The van der Waals surface area contributed by atoms with Gasteiger partial charge >= 0.3 is 0 Å². The molecule has 7 heteroatoms. The van der Waals surface area contributed by atoms with E-state index in [1.807, 2.05) is 18.2 Å². The summed E-state index contributed by atoms with van der Waals surface area (Å²) < 4.78 is 23.3. The van der Waals surface area contributed by atoms with Crippen LogP contribution in [0.5, 0.6) is 0 Å². The van der Waals surface area contributed by atoms with E-state index in [9.17, 15) is 8.42 Å². The summed E-state index contributed by atoms with van der Waals surface area (Å²) in [5.74, 6) is 0.608. The number of nitrogens with two attached hydrogens (primary N) is 1. The van der Waals surface area contributed by atoms with Gasteiger partial charge in [-0.3, -0.25) is 4.99 Å². The lowest BCUT2D eigenvalue weighted by molar-refractivity contribution is 0.590. The van der Waals surface area contributed by atoms with E-state index in [4.69, 9.17) is 5.73 Å². The largest absolute Gasteiger partial charge is 0.370 e. The summed E-state index contributed by atoms with van der Waals surface area (Å²) in [5, 5.41) is 2.67. The molecule has 1 aliphatic heterocycles. The summed E-state index contributed by atoms with van der Waals surface area (Å²) in [7, 11) is -2.94. The van der Waals surface area contributed by atoms with Crippen LogP contribution in [0.4, 0.5) is 0 Å². The van der Waals surface area contributed by atoms with E-state index in [1.54, 1.807) is 0 Å². The molecule has 0 amide bonds. The third-order valence-electron chi connectivity index (χ3n) is 3.49. The maximum Gasteiger partial charge on any atom is 0.188 e. The van der Waals surface area contributed by atoms with Gasteiger partial charge in [0.15, 0.2) is 15.8 Å². The molecule has 0 bridgehead atoms. The first-order valence-electron chi connectivity index (χ1n) is 6.87. The van der Waals surface area contributed by atoms with Crippen LogP contribution in [0.3, 0.4) is 0 Å². The van der Waals surface area contributed by atoms with Crippen molar-refractivity contribution in [1.82, 2.24) is 5.32 Å². The molecule has 0 aliphatic carbocycles. The molecule has 0 radical (unpaired) electrons. The fraction of sp³-hybridized carbons (Fsp3) is 0.500. The Bertz CT molecular complexity index is 561. The summed E-state index contributed by atoms with van der Waals surface area (Å²) in [6.45, 7) is 0.962. The van der Waals surface area contributed by atoms with Gasteiger partial charge in [0.2, 0.25) is 0 Å².